The fraction of sp³-hybridized carbons (Fsp3) is 0.333. The van der Waals surface area contributed by atoms with Crippen molar-refractivity contribution in [1.82, 2.24) is 14.8 Å². The number of anilines is 1. The van der Waals surface area contributed by atoms with Crippen molar-refractivity contribution >= 4 is 17.4 Å². The van der Waals surface area contributed by atoms with Crippen molar-refractivity contribution in [3.05, 3.63) is 41.5 Å². The summed E-state index contributed by atoms with van der Waals surface area (Å²) in [6, 6.07) is 5.59. The maximum atomic E-state index is 12.2. The summed E-state index contributed by atoms with van der Waals surface area (Å²) in [7, 11) is 0. The Morgan fingerprint density at radius 3 is 2.71 bits per heavy atom. The highest BCUT2D eigenvalue weighted by molar-refractivity contribution is 6.52. The average Bonchev–Trinajstić information content (AvgIpc) is 3.06. The van der Waals surface area contributed by atoms with E-state index < -0.39 is 11.7 Å². The van der Waals surface area contributed by atoms with Gasteiger partial charge in [-0.3, -0.25) is 14.5 Å². The molecule has 3 rings (SSSR count). The first kappa shape index (κ1) is 13.5. The van der Waals surface area contributed by atoms with Gasteiger partial charge in [-0.2, -0.15) is 5.10 Å². The molecule has 108 valence electrons. The summed E-state index contributed by atoms with van der Waals surface area (Å²) in [5.41, 5.74) is 2.20. The number of aromatic nitrogens is 3. The van der Waals surface area contributed by atoms with Gasteiger partial charge in [0, 0.05) is 6.54 Å². The summed E-state index contributed by atoms with van der Waals surface area (Å²) >= 11 is 0. The first-order chi connectivity index (χ1) is 10.2. The van der Waals surface area contributed by atoms with E-state index in [1.54, 1.807) is 10.7 Å². The zero-order chi connectivity index (χ0) is 15.0. The smallest absolute Gasteiger partial charge is 0.297 e. The van der Waals surface area contributed by atoms with Gasteiger partial charge in [-0.15, -0.1) is 0 Å². The highest BCUT2D eigenvalue weighted by Gasteiger charge is 2.36. The maximum absolute atomic E-state index is 12.2. The van der Waals surface area contributed by atoms with Crippen molar-refractivity contribution in [2.45, 2.75) is 33.4 Å². The van der Waals surface area contributed by atoms with Crippen LogP contribution in [0, 0.1) is 0 Å². The predicted octanol–water partition coefficient (Wildman–Crippen LogP) is 1.59. The van der Waals surface area contributed by atoms with E-state index in [-0.39, 0.29) is 6.54 Å². The number of ketones is 1. The summed E-state index contributed by atoms with van der Waals surface area (Å²) in [4.78, 5) is 30.0. The third-order valence-electron chi connectivity index (χ3n) is 3.74. The third-order valence-corrected chi connectivity index (χ3v) is 3.74. The molecule has 0 N–H and O–H groups in total. The number of fused-ring (bicyclic) bond motifs is 1. The van der Waals surface area contributed by atoms with E-state index in [9.17, 15) is 9.59 Å². The number of nitrogens with zero attached hydrogens (tertiary/aromatic N) is 4. The van der Waals surface area contributed by atoms with Gasteiger partial charge < -0.3 is 0 Å². The molecule has 2 heterocycles. The largest absolute Gasteiger partial charge is 0.299 e. The van der Waals surface area contributed by atoms with Crippen LogP contribution in [0.2, 0.25) is 0 Å². The number of hydrogen-bond donors (Lipinski definition) is 0. The standard InChI is InChI=1S/C15H16N4O2/c1-3-10-5-6-12-11(7-10)14(20)15(21)18(12)8-13-16-9-17-19(13)4-2/h5-7,9H,3-4,8H2,1-2H3. The lowest BCUT2D eigenvalue weighted by Gasteiger charge is -2.16. The van der Waals surface area contributed by atoms with E-state index >= 15 is 0 Å². The number of benzene rings is 1. The van der Waals surface area contributed by atoms with E-state index in [4.69, 9.17) is 0 Å². The molecule has 6 heteroatoms. The van der Waals surface area contributed by atoms with Gasteiger partial charge in [0.1, 0.15) is 12.2 Å². The SMILES string of the molecule is CCc1ccc2c(c1)C(=O)C(=O)N2Cc1ncnn1CC. The molecule has 0 aliphatic carbocycles. The summed E-state index contributed by atoms with van der Waals surface area (Å²) in [6.07, 6.45) is 2.29. The summed E-state index contributed by atoms with van der Waals surface area (Å²) < 4.78 is 1.72. The van der Waals surface area contributed by atoms with Crippen LogP contribution >= 0.6 is 0 Å². The molecule has 0 unspecified atom stereocenters. The molecule has 0 fully saturated rings. The van der Waals surface area contributed by atoms with Crippen LogP contribution in [0.25, 0.3) is 0 Å². The van der Waals surface area contributed by atoms with Crippen LogP contribution in [0.4, 0.5) is 5.69 Å². The number of hydrogen-bond acceptors (Lipinski definition) is 4. The van der Waals surface area contributed by atoms with Gasteiger partial charge in [-0.05, 0) is 31.0 Å². The van der Waals surface area contributed by atoms with Gasteiger partial charge in [0.2, 0.25) is 0 Å². The van der Waals surface area contributed by atoms with Crippen molar-refractivity contribution in [3.8, 4) is 0 Å². The molecule has 0 bridgehead atoms. The second kappa shape index (κ2) is 5.12. The first-order valence-electron chi connectivity index (χ1n) is 7.01. The van der Waals surface area contributed by atoms with Crippen LogP contribution < -0.4 is 4.90 Å². The van der Waals surface area contributed by atoms with Crippen LogP contribution in [-0.4, -0.2) is 26.5 Å². The molecule has 6 nitrogen and oxygen atoms in total. The Bertz CT molecular complexity index is 720. The Morgan fingerprint density at radius 1 is 1.19 bits per heavy atom. The molecule has 1 aromatic heterocycles. The molecule has 1 aromatic carbocycles. The van der Waals surface area contributed by atoms with Crippen molar-refractivity contribution < 1.29 is 9.59 Å². The Balaban J connectivity index is 1.98. The van der Waals surface area contributed by atoms with Crippen molar-refractivity contribution in [2.75, 3.05) is 4.90 Å². The zero-order valence-corrected chi connectivity index (χ0v) is 12.0. The van der Waals surface area contributed by atoms with Gasteiger partial charge >= 0.3 is 0 Å². The van der Waals surface area contributed by atoms with Crippen molar-refractivity contribution in [3.63, 3.8) is 0 Å². The number of carbonyl (C=O) groups excluding carboxylic acids is 2. The predicted molar refractivity (Wildman–Crippen MR) is 77.0 cm³/mol. The fourth-order valence-electron chi connectivity index (χ4n) is 2.54. The minimum atomic E-state index is -0.496. The second-order valence-electron chi connectivity index (χ2n) is 4.92. The van der Waals surface area contributed by atoms with E-state index in [0.717, 1.165) is 12.0 Å². The molecule has 0 saturated carbocycles. The van der Waals surface area contributed by atoms with Gasteiger partial charge in [0.25, 0.3) is 11.7 Å². The average molecular weight is 284 g/mol. The molecule has 0 atom stereocenters. The van der Waals surface area contributed by atoms with Crippen LogP contribution in [0.1, 0.15) is 35.6 Å². The van der Waals surface area contributed by atoms with Crippen LogP contribution in [0.15, 0.2) is 24.5 Å². The molecular weight excluding hydrogens is 268 g/mol. The lowest BCUT2D eigenvalue weighted by Crippen LogP contribution is -2.30. The molecular formula is C15H16N4O2. The van der Waals surface area contributed by atoms with Gasteiger partial charge in [0.15, 0.2) is 0 Å². The number of Topliss-reactive ketones (excluding diaryl/α,β-unsaturated/α-hetero) is 1. The van der Waals surface area contributed by atoms with Gasteiger partial charge in [-0.25, -0.2) is 9.67 Å². The molecule has 1 amide bonds. The van der Waals surface area contributed by atoms with Gasteiger partial charge in [-0.1, -0.05) is 13.0 Å². The summed E-state index contributed by atoms with van der Waals surface area (Å²) in [5, 5.41) is 4.09. The van der Waals surface area contributed by atoms with E-state index in [0.29, 0.717) is 23.6 Å². The quantitative estimate of drug-likeness (QED) is 0.800. The number of rotatable bonds is 4. The monoisotopic (exact) mass is 284 g/mol. The first-order valence-corrected chi connectivity index (χ1v) is 7.01. The lowest BCUT2D eigenvalue weighted by molar-refractivity contribution is -0.114. The topological polar surface area (TPSA) is 68.1 Å². The lowest BCUT2D eigenvalue weighted by atomic mass is 10.1. The van der Waals surface area contributed by atoms with Crippen molar-refractivity contribution in [1.29, 1.82) is 0 Å². The molecule has 1 aliphatic rings. The second-order valence-corrected chi connectivity index (χ2v) is 4.92. The molecule has 21 heavy (non-hydrogen) atoms. The number of carbonyl (C=O) groups is 2. The molecule has 2 aromatic rings. The maximum Gasteiger partial charge on any atom is 0.299 e. The fourth-order valence-corrected chi connectivity index (χ4v) is 2.54. The van der Waals surface area contributed by atoms with Crippen LogP contribution in [0.5, 0.6) is 0 Å². The Hall–Kier alpha value is -2.50. The summed E-state index contributed by atoms with van der Waals surface area (Å²) in [6.45, 7) is 4.91. The molecule has 1 aliphatic heterocycles. The molecule has 0 radical (unpaired) electrons. The normalized spacial score (nSPS) is 13.9. The van der Waals surface area contributed by atoms with Crippen LogP contribution in [0.3, 0.4) is 0 Å². The Labute approximate surface area is 122 Å². The summed E-state index contributed by atoms with van der Waals surface area (Å²) in [5.74, 6) is -0.266. The highest BCUT2D eigenvalue weighted by Crippen LogP contribution is 2.31. The van der Waals surface area contributed by atoms with E-state index in [1.807, 2.05) is 26.0 Å². The number of aryl methyl sites for hydroxylation is 2. The Morgan fingerprint density at radius 2 is 2.00 bits per heavy atom. The van der Waals surface area contributed by atoms with Crippen LogP contribution in [-0.2, 0) is 24.3 Å². The Kier molecular flexibility index (Phi) is 3.29. The molecule has 0 spiro atoms. The zero-order valence-electron chi connectivity index (χ0n) is 12.0. The van der Waals surface area contributed by atoms with E-state index in [1.165, 1.54) is 11.2 Å². The minimum Gasteiger partial charge on any atom is -0.297 e. The highest BCUT2D eigenvalue weighted by atomic mass is 16.2. The van der Waals surface area contributed by atoms with E-state index in [2.05, 4.69) is 10.1 Å². The van der Waals surface area contributed by atoms with Crippen molar-refractivity contribution in [2.24, 2.45) is 0 Å². The number of amides is 1. The van der Waals surface area contributed by atoms with Gasteiger partial charge in [0.05, 0.1) is 17.8 Å². The minimum absolute atomic E-state index is 0.261. The molecule has 0 saturated heterocycles. The third kappa shape index (κ3) is 2.12.